The number of halogens is 1. The van der Waals surface area contributed by atoms with Crippen LogP contribution in [-0.2, 0) is 26.8 Å². The molecule has 1 nitrogen and oxygen atoms in total. The summed E-state index contributed by atoms with van der Waals surface area (Å²) in [5, 5.41) is 0. The van der Waals surface area contributed by atoms with E-state index in [1.165, 1.54) is 0 Å². The first-order valence-electron chi connectivity index (χ1n) is 4.99. The fourth-order valence-corrected chi connectivity index (χ4v) is 1.44. The molecule has 3 heteroatoms. The van der Waals surface area contributed by atoms with Gasteiger partial charge in [-0.15, -0.1) is 42.5 Å². The van der Waals surface area contributed by atoms with Crippen LogP contribution in [-0.4, -0.2) is 4.98 Å². The van der Waals surface area contributed by atoms with Crippen LogP contribution in [0.1, 0.15) is 17.0 Å². The summed E-state index contributed by atoms with van der Waals surface area (Å²) in [7, 11) is 0. The van der Waals surface area contributed by atoms with Crippen LogP contribution in [0.3, 0.4) is 0 Å². The summed E-state index contributed by atoms with van der Waals surface area (Å²) in [6.45, 7) is 3.40. The molecule has 0 aliphatic carbocycles. The van der Waals surface area contributed by atoms with Crippen molar-refractivity contribution in [3.8, 4) is 0 Å². The Morgan fingerprint density at radius 1 is 1.24 bits per heavy atom. The second kappa shape index (κ2) is 6.43. The second-order valence-electron chi connectivity index (χ2n) is 3.40. The number of aromatic nitrogens is 1. The SMILES string of the molecule is C=C(c1[c-]cccc1)c1cccc(CF)n1.[Ir]. The van der Waals surface area contributed by atoms with Crippen molar-refractivity contribution in [2.75, 3.05) is 0 Å². The van der Waals surface area contributed by atoms with E-state index in [0.717, 1.165) is 11.1 Å². The van der Waals surface area contributed by atoms with Crippen molar-refractivity contribution in [1.82, 2.24) is 4.98 Å². The molecule has 0 N–H and O–H groups in total. The predicted octanol–water partition coefficient (Wildman–Crippen LogP) is 3.41. The van der Waals surface area contributed by atoms with Crippen molar-refractivity contribution in [3.63, 3.8) is 0 Å². The van der Waals surface area contributed by atoms with Crippen molar-refractivity contribution in [1.29, 1.82) is 0 Å². The van der Waals surface area contributed by atoms with E-state index in [1.807, 2.05) is 30.3 Å². The maximum Gasteiger partial charge on any atom is 0.131 e. The summed E-state index contributed by atoms with van der Waals surface area (Å²) in [5.41, 5.74) is 2.76. The van der Waals surface area contributed by atoms with Gasteiger partial charge in [-0.05, 0) is 12.1 Å². The first-order valence-corrected chi connectivity index (χ1v) is 4.99. The first-order chi connectivity index (χ1) is 7.81. The quantitative estimate of drug-likeness (QED) is 0.715. The van der Waals surface area contributed by atoms with Crippen LogP contribution in [0.15, 0.2) is 49.0 Å². The number of nitrogens with zero attached hydrogens (tertiary/aromatic N) is 1. The maximum atomic E-state index is 12.5. The van der Waals surface area contributed by atoms with Crippen molar-refractivity contribution in [2.24, 2.45) is 0 Å². The van der Waals surface area contributed by atoms with Gasteiger partial charge in [0, 0.05) is 25.8 Å². The largest absolute Gasteiger partial charge is 0.260 e. The van der Waals surface area contributed by atoms with Gasteiger partial charge in [0.1, 0.15) is 6.67 Å². The number of benzene rings is 1. The van der Waals surface area contributed by atoms with E-state index in [1.54, 1.807) is 12.1 Å². The minimum atomic E-state index is -0.556. The van der Waals surface area contributed by atoms with Crippen LogP contribution < -0.4 is 0 Å². The standard InChI is InChI=1S/C14H11FN.Ir/c1-11(12-6-3-2-4-7-12)14-9-5-8-13(10-15)16-14;/h2-6,8-9H,1,10H2;/q-1;. The van der Waals surface area contributed by atoms with Gasteiger partial charge in [0.05, 0.1) is 5.69 Å². The van der Waals surface area contributed by atoms with Gasteiger partial charge in [-0.1, -0.05) is 11.6 Å². The summed E-state index contributed by atoms with van der Waals surface area (Å²) in [6, 6.07) is 15.9. The van der Waals surface area contributed by atoms with Crippen LogP contribution in [0, 0.1) is 6.07 Å². The number of pyridine rings is 1. The molecule has 0 saturated heterocycles. The molecule has 0 aliphatic rings. The minimum absolute atomic E-state index is 0. The molecule has 17 heavy (non-hydrogen) atoms. The van der Waals surface area contributed by atoms with Crippen LogP contribution in [0.4, 0.5) is 4.39 Å². The molecule has 0 amide bonds. The summed E-state index contributed by atoms with van der Waals surface area (Å²) >= 11 is 0. The van der Waals surface area contributed by atoms with Gasteiger partial charge in [0.2, 0.25) is 0 Å². The fourth-order valence-electron chi connectivity index (χ4n) is 1.44. The molecule has 0 saturated carbocycles. The second-order valence-corrected chi connectivity index (χ2v) is 3.40. The van der Waals surface area contributed by atoms with Crippen molar-refractivity contribution in [3.05, 3.63) is 72.1 Å². The number of alkyl halides is 1. The van der Waals surface area contributed by atoms with Crippen LogP contribution in [0.5, 0.6) is 0 Å². The molecular formula is C14H11FIrN-. The van der Waals surface area contributed by atoms with Gasteiger partial charge in [-0.3, -0.25) is 4.98 Å². The van der Waals surface area contributed by atoms with Gasteiger partial charge in [-0.25, -0.2) is 4.39 Å². The maximum absolute atomic E-state index is 12.5. The van der Waals surface area contributed by atoms with Crippen LogP contribution in [0.25, 0.3) is 5.57 Å². The predicted molar refractivity (Wildman–Crippen MR) is 62.5 cm³/mol. The molecule has 1 heterocycles. The molecule has 89 valence electrons. The van der Waals surface area contributed by atoms with E-state index >= 15 is 0 Å². The Morgan fingerprint density at radius 3 is 2.71 bits per heavy atom. The molecule has 0 unspecified atom stereocenters. The topological polar surface area (TPSA) is 12.9 Å². The third kappa shape index (κ3) is 3.32. The molecule has 1 radical (unpaired) electrons. The monoisotopic (exact) mass is 405 g/mol. The Labute approximate surface area is 114 Å². The Morgan fingerprint density at radius 2 is 2.06 bits per heavy atom. The van der Waals surface area contributed by atoms with Crippen LogP contribution in [0.2, 0.25) is 0 Å². The van der Waals surface area contributed by atoms with Gasteiger partial charge in [0.25, 0.3) is 0 Å². The molecule has 2 aromatic rings. The fraction of sp³-hybridized carbons (Fsp3) is 0.0714. The zero-order valence-corrected chi connectivity index (χ0v) is 11.5. The molecule has 0 aliphatic heterocycles. The number of hydrogen-bond acceptors (Lipinski definition) is 1. The molecular weight excluding hydrogens is 393 g/mol. The van der Waals surface area contributed by atoms with E-state index in [4.69, 9.17) is 0 Å². The van der Waals surface area contributed by atoms with E-state index in [2.05, 4.69) is 17.6 Å². The third-order valence-electron chi connectivity index (χ3n) is 2.29. The Bertz CT molecular complexity index is 497. The third-order valence-corrected chi connectivity index (χ3v) is 2.29. The molecule has 0 atom stereocenters. The molecule has 1 aromatic heterocycles. The summed E-state index contributed by atoms with van der Waals surface area (Å²) in [4.78, 5) is 4.17. The van der Waals surface area contributed by atoms with Crippen LogP contribution >= 0.6 is 0 Å². The first kappa shape index (κ1) is 13.8. The van der Waals surface area contributed by atoms with Gasteiger partial charge in [0.15, 0.2) is 0 Å². The molecule has 1 aromatic carbocycles. The summed E-state index contributed by atoms with van der Waals surface area (Å²) < 4.78 is 12.5. The van der Waals surface area contributed by atoms with Crippen molar-refractivity contribution in [2.45, 2.75) is 6.67 Å². The van der Waals surface area contributed by atoms with Gasteiger partial charge < -0.3 is 0 Å². The zero-order chi connectivity index (χ0) is 11.4. The van der Waals surface area contributed by atoms with E-state index in [9.17, 15) is 4.39 Å². The van der Waals surface area contributed by atoms with Crippen molar-refractivity contribution < 1.29 is 24.5 Å². The van der Waals surface area contributed by atoms with Gasteiger partial charge in [-0.2, -0.15) is 0 Å². The van der Waals surface area contributed by atoms with E-state index in [-0.39, 0.29) is 20.1 Å². The number of rotatable bonds is 3. The van der Waals surface area contributed by atoms with Gasteiger partial charge >= 0.3 is 0 Å². The smallest absolute Gasteiger partial charge is 0.131 e. The molecule has 2 rings (SSSR count). The average Bonchev–Trinajstić information content (AvgIpc) is 2.39. The normalized spacial score (nSPS) is 9.47. The molecule has 0 fully saturated rings. The Hall–Kier alpha value is -1.31. The molecule has 0 spiro atoms. The zero-order valence-electron chi connectivity index (χ0n) is 9.11. The number of hydrogen-bond donors (Lipinski definition) is 0. The summed E-state index contributed by atoms with van der Waals surface area (Å²) in [6.07, 6.45) is 0. The van der Waals surface area contributed by atoms with Crippen molar-refractivity contribution >= 4 is 5.57 Å². The molecule has 0 bridgehead atoms. The Kier molecular flexibility index (Phi) is 5.20. The van der Waals surface area contributed by atoms with E-state index < -0.39 is 6.67 Å². The minimum Gasteiger partial charge on any atom is -0.260 e. The Balaban J connectivity index is 0.00000144. The summed E-state index contributed by atoms with van der Waals surface area (Å²) in [5.74, 6) is 0. The average molecular weight is 404 g/mol. The van der Waals surface area contributed by atoms with E-state index in [0.29, 0.717) is 11.4 Å².